The van der Waals surface area contributed by atoms with E-state index in [9.17, 15) is 9.59 Å². The van der Waals surface area contributed by atoms with Gasteiger partial charge in [0.2, 0.25) is 12.4 Å². The van der Waals surface area contributed by atoms with Crippen LogP contribution in [0.15, 0.2) is 49.1 Å². The van der Waals surface area contributed by atoms with Crippen LogP contribution in [-0.2, 0) is 0 Å². The Bertz CT molecular complexity index is 708. The van der Waals surface area contributed by atoms with E-state index in [-0.39, 0.29) is 10.7 Å². The molecule has 0 radical (unpaired) electrons. The summed E-state index contributed by atoms with van der Waals surface area (Å²) in [6.45, 7) is 0. The zero-order valence-electron chi connectivity index (χ0n) is 11.2. The third kappa shape index (κ3) is 4.21. The number of nitrogens with zero attached hydrogens (tertiary/aromatic N) is 2. The summed E-state index contributed by atoms with van der Waals surface area (Å²) in [5.74, 6) is -1.09. The number of carbonyl (C=O) groups is 2. The van der Waals surface area contributed by atoms with Gasteiger partial charge in [-0.2, -0.15) is 4.84 Å². The summed E-state index contributed by atoms with van der Waals surface area (Å²) in [7, 11) is 0. The second-order valence-corrected chi connectivity index (χ2v) is 4.46. The number of pyridine rings is 2. The van der Waals surface area contributed by atoms with Gasteiger partial charge in [-0.05, 0) is 30.4 Å². The van der Waals surface area contributed by atoms with Gasteiger partial charge in [-0.25, -0.2) is 4.79 Å². The molecule has 0 saturated carbocycles. The second-order valence-electron chi connectivity index (χ2n) is 4.02. The van der Waals surface area contributed by atoms with E-state index in [0.717, 1.165) is 4.73 Å². The Labute approximate surface area is 130 Å². The van der Waals surface area contributed by atoms with Crippen molar-refractivity contribution in [3.63, 3.8) is 0 Å². The summed E-state index contributed by atoms with van der Waals surface area (Å²) in [6, 6.07) is 6.27. The summed E-state index contributed by atoms with van der Waals surface area (Å²) < 4.78 is 1.12. The minimum absolute atomic E-state index is 0.0693. The van der Waals surface area contributed by atoms with E-state index in [1.54, 1.807) is 24.4 Å². The fraction of sp³-hybridized carbons (Fsp3) is 0. The molecule has 0 aliphatic carbocycles. The summed E-state index contributed by atoms with van der Waals surface area (Å²) in [4.78, 5) is 32.6. The van der Waals surface area contributed by atoms with Gasteiger partial charge in [0.25, 0.3) is 5.91 Å². The van der Waals surface area contributed by atoms with Crippen molar-refractivity contribution in [3.8, 4) is 0 Å². The molecule has 8 nitrogen and oxygen atoms in total. The molecule has 2 heterocycles. The van der Waals surface area contributed by atoms with Crippen LogP contribution in [0.5, 0.6) is 0 Å². The van der Waals surface area contributed by atoms with Crippen LogP contribution in [0.1, 0.15) is 20.7 Å². The molecule has 1 amide bonds. The van der Waals surface area contributed by atoms with E-state index in [2.05, 4.69) is 28.1 Å². The van der Waals surface area contributed by atoms with Gasteiger partial charge >= 0.3 is 5.97 Å². The first-order valence-electron chi connectivity index (χ1n) is 6.06. The monoisotopic (exact) mass is 318 g/mol. The molecule has 4 N–H and O–H groups in total. The van der Waals surface area contributed by atoms with Crippen LogP contribution >= 0.6 is 12.2 Å². The van der Waals surface area contributed by atoms with Gasteiger partial charge in [0.05, 0.1) is 5.56 Å². The van der Waals surface area contributed by atoms with Crippen LogP contribution in [0.25, 0.3) is 0 Å². The predicted octanol–water partition coefficient (Wildman–Crippen LogP) is -0.884. The first kappa shape index (κ1) is 15.3. The Balaban J connectivity index is 2.07. The van der Waals surface area contributed by atoms with Crippen molar-refractivity contribution in [1.29, 1.82) is 0 Å². The molecule has 2 rings (SSSR count). The van der Waals surface area contributed by atoms with E-state index in [1.807, 2.05) is 0 Å². The highest BCUT2D eigenvalue weighted by Gasteiger charge is 2.17. The highest BCUT2D eigenvalue weighted by Crippen LogP contribution is 1.96. The lowest BCUT2D eigenvalue weighted by molar-refractivity contribution is -0.868. The van der Waals surface area contributed by atoms with Gasteiger partial charge in [-0.15, -0.1) is 0 Å². The summed E-state index contributed by atoms with van der Waals surface area (Å²) in [5, 5.41) is -0.0693. The van der Waals surface area contributed by atoms with Gasteiger partial charge in [-0.3, -0.25) is 20.6 Å². The fourth-order valence-electron chi connectivity index (χ4n) is 1.47. The number of rotatable bonds is 3. The summed E-state index contributed by atoms with van der Waals surface area (Å²) in [6.07, 6.45) is 5.74. The number of nitrogens with two attached hydrogens (primary N) is 1. The standard InChI is InChI=1S/C13H11N5O3S/c14-13(22)17-16-11(19)10-4-2-6-18(8-10)21-12(20)9-3-1-5-15-7-9/h1-8H,(H3-,14,16,17,19,22)/p+1. The molecule has 22 heavy (non-hydrogen) atoms. The van der Waals surface area contributed by atoms with Crippen LogP contribution < -0.4 is 26.2 Å². The molecule has 0 aliphatic heterocycles. The van der Waals surface area contributed by atoms with Gasteiger partial charge < -0.3 is 5.73 Å². The van der Waals surface area contributed by atoms with Crippen molar-refractivity contribution in [2.75, 3.05) is 0 Å². The van der Waals surface area contributed by atoms with E-state index in [0.29, 0.717) is 5.56 Å². The fourth-order valence-corrected chi connectivity index (χ4v) is 1.52. The minimum Gasteiger partial charge on any atom is -0.375 e. The number of aromatic nitrogens is 2. The average Bonchev–Trinajstić information content (AvgIpc) is 2.53. The number of hydrogen-bond donors (Lipinski definition) is 3. The lowest BCUT2D eigenvalue weighted by atomic mass is 10.3. The normalized spacial score (nSPS) is 9.64. The van der Waals surface area contributed by atoms with Crippen molar-refractivity contribution in [3.05, 3.63) is 60.2 Å². The Kier molecular flexibility index (Phi) is 4.94. The first-order chi connectivity index (χ1) is 10.6. The average molecular weight is 318 g/mol. The van der Waals surface area contributed by atoms with Crippen LogP contribution in [0.2, 0.25) is 0 Å². The maximum absolute atomic E-state index is 11.9. The molecule has 0 saturated heterocycles. The van der Waals surface area contributed by atoms with E-state index in [4.69, 9.17) is 10.6 Å². The molecule has 112 valence electrons. The quantitative estimate of drug-likeness (QED) is 0.383. The van der Waals surface area contributed by atoms with Gasteiger partial charge in [-0.1, -0.05) is 0 Å². The van der Waals surface area contributed by atoms with Crippen molar-refractivity contribution >= 4 is 29.2 Å². The van der Waals surface area contributed by atoms with E-state index >= 15 is 0 Å². The molecule has 0 unspecified atom stereocenters. The van der Waals surface area contributed by atoms with Crippen LogP contribution in [0.3, 0.4) is 0 Å². The molecule has 0 bridgehead atoms. The molecule has 2 aromatic rings. The molecule has 2 aromatic heterocycles. The second kappa shape index (κ2) is 7.09. The highest BCUT2D eigenvalue weighted by atomic mass is 32.1. The SMILES string of the molecule is NC(=S)NNC(=O)c1ccc[n+](OC(=O)c2cccnc2)c1. The number of hydrazine groups is 1. The van der Waals surface area contributed by atoms with Gasteiger partial charge in [0.15, 0.2) is 5.11 Å². The summed E-state index contributed by atoms with van der Waals surface area (Å²) in [5.41, 5.74) is 10.3. The molecule has 9 heteroatoms. The van der Waals surface area contributed by atoms with Crippen LogP contribution in [0, 0.1) is 0 Å². The van der Waals surface area contributed by atoms with Crippen molar-refractivity contribution in [1.82, 2.24) is 15.8 Å². The number of hydrogen-bond acceptors (Lipinski definition) is 5. The lowest BCUT2D eigenvalue weighted by Crippen LogP contribution is -2.48. The Hall–Kier alpha value is -3.07. The molecule has 0 spiro atoms. The van der Waals surface area contributed by atoms with E-state index < -0.39 is 11.9 Å². The molecule has 0 fully saturated rings. The van der Waals surface area contributed by atoms with Crippen LogP contribution in [0.4, 0.5) is 0 Å². The molecule has 0 atom stereocenters. The molecule has 0 aliphatic rings. The zero-order valence-corrected chi connectivity index (χ0v) is 12.0. The molecular formula is C13H12N5O3S+. The molecular weight excluding hydrogens is 306 g/mol. The first-order valence-corrected chi connectivity index (χ1v) is 6.47. The highest BCUT2D eigenvalue weighted by molar-refractivity contribution is 7.80. The Morgan fingerprint density at radius 2 is 2.00 bits per heavy atom. The van der Waals surface area contributed by atoms with Gasteiger partial charge in [0, 0.05) is 23.2 Å². The lowest BCUT2D eigenvalue weighted by Gasteiger charge is -2.04. The Morgan fingerprint density at radius 1 is 1.23 bits per heavy atom. The number of nitrogens with one attached hydrogen (secondary N) is 2. The maximum Gasteiger partial charge on any atom is 0.412 e. The maximum atomic E-state index is 11.9. The Morgan fingerprint density at radius 3 is 2.68 bits per heavy atom. The largest absolute Gasteiger partial charge is 0.412 e. The van der Waals surface area contributed by atoms with Crippen LogP contribution in [-0.4, -0.2) is 22.0 Å². The number of carbonyl (C=O) groups excluding carboxylic acids is 2. The smallest absolute Gasteiger partial charge is 0.375 e. The van der Waals surface area contributed by atoms with Crippen molar-refractivity contribution in [2.45, 2.75) is 0 Å². The number of thiocarbonyl (C=S) groups is 1. The third-order valence-electron chi connectivity index (χ3n) is 2.42. The number of amides is 1. The zero-order chi connectivity index (χ0) is 15.9. The summed E-state index contributed by atoms with van der Waals surface area (Å²) >= 11 is 4.57. The van der Waals surface area contributed by atoms with E-state index in [1.165, 1.54) is 24.7 Å². The van der Waals surface area contributed by atoms with Crippen molar-refractivity contribution < 1.29 is 19.2 Å². The predicted molar refractivity (Wildman–Crippen MR) is 79.2 cm³/mol. The topological polar surface area (TPSA) is 110 Å². The third-order valence-corrected chi connectivity index (χ3v) is 2.52. The van der Waals surface area contributed by atoms with Crippen molar-refractivity contribution in [2.24, 2.45) is 5.73 Å². The molecule has 0 aromatic carbocycles. The minimum atomic E-state index is -0.600. The van der Waals surface area contributed by atoms with Gasteiger partial charge in [0.1, 0.15) is 5.56 Å².